The number of nitrogens with zero attached hydrogens (tertiary/aromatic N) is 2. The van der Waals surface area contributed by atoms with Crippen molar-refractivity contribution < 1.29 is 18.0 Å². The highest BCUT2D eigenvalue weighted by molar-refractivity contribution is 7.89. The van der Waals surface area contributed by atoms with Gasteiger partial charge in [-0.2, -0.15) is 4.31 Å². The molecule has 8 heteroatoms. The smallest absolute Gasteiger partial charge is 0.253 e. The van der Waals surface area contributed by atoms with Crippen molar-refractivity contribution in [3.63, 3.8) is 0 Å². The molecular weight excluding hydrogens is 426 g/mol. The van der Waals surface area contributed by atoms with E-state index in [1.165, 1.54) is 28.6 Å². The summed E-state index contributed by atoms with van der Waals surface area (Å²) in [5.41, 5.74) is 2.40. The highest BCUT2D eigenvalue weighted by Crippen LogP contribution is 2.16. The first kappa shape index (κ1) is 23.8. The first-order valence-electron chi connectivity index (χ1n) is 10.8. The van der Waals surface area contributed by atoms with Crippen LogP contribution < -0.4 is 15.9 Å². The lowest BCUT2D eigenvalue weighted by Crippen LogP contribution is -2.38. The van der Waals surface area contributed by atoms with Crippen molar-refractivity contribution in [3.05, 3.63) is 63.7 Å². The molecule has 1 heterocycles. The van der Waals surface area contributed by atoms with Gasteiger partial charge in [0.25, 0.3) is 11.8 Å². The number of hydrogen-bond acceptors (Lipinski definition) is 4. The predicted molar refractivity (Wildman–Crippen MR) is 123 cm³/mol. The average molecular weight is 456 g/mol. The fourth-order valence-corrected chi connectivity index (χ4v) is 5.24. The van der Waals surface area contributed by atoms with Gasteiger partial charge in [0.05, 0.1) is 16.2 Å². The minimum Gasteiger partial charge on any atom is -0.352 e. The Morgan fingerprint density at radius 2 is 1.66 bits per heavy atom. The lowest BCUT2D eigenvalue weighted by molar-refractivity contribution is -0.120. The first-order valence-corrected chi connectivity index (χ1v) is 12.2. The summed E-state index contributed by atoms with van der Waals surface area (Å²) in [6, 6.07) is 9.86. The summed E-state index contributed by atoms with van der Waals surface area (Å²) >= 11 is 0. The van der Waals surface area contributed by atoms with Gasteiger partial charge in [-0.1, -0.05) is 32.1 Å². The number of fused-ring (bicyclic) bond motifs is 1. The molecular formula is C24H29N3O4S. The Labute approximate surface area is 188 Å². The summed E-state index contributed by atoms with van der Waals surface area (Å²) in [7, 11) is -3.56. The Morgan fingerprint density at radius 3 is 2.28 bits per heavy atom. The van der Waals surface area contributed by atoms with Gasteiger partial charge in [-0.15, -0.1) is 0 Å². The van der Waals surface area contributed by atoms with Crippen LogP contribution in [0, 0.1) is 19.8 Å². The lowest BCUT2D eigenvalue weighted by Gasteiger charge is -2.18. The molecule has 0 saturated heterocycles. The Morgan fingerprint density at radius 1 is 1.03 bits per heavy atom. The van der Waals surface area contributed by atoms with E-state index in [0.29, 0.717) is 31.6 Å². The molecule has 1 N–H and O–H groups in total. The van der Waals surface area contributed by atoms with Crippen molar-refractivity contribution in [2.45, 2.75) is 39.0 Å². The van der Waals surface area contributed by atoms with Gasteiger partial charge in [-0.3, -0.25) is 9.59 Å². The molecule has 1 aliphatic heterocycles. The van der Waals surface area contributed by atoms with Crippen LogP contribution in [0.25, 0.3) is 6.08 Å². The summed E-state index contributed by atoms with van der Waals surface area (Å²) in [6.45, 7) is 8.56. The van der Waals surface area contributed by atoms with Gasteiger partial charge in [0.1, 0.15) is 0 Å². The summed E-state index contributed by atoms with van der Waals surface area (Å²) in [4.78, 5) is 29.3. The minimum atomic E-state index is -3.56. The molecule has 170 valence electrons. The van der Waals surface area contributed by atoms with E-state index in [9.17, 15) is 18.0 Å². The highest BCUT2D eigenvalue weighted by atomic mass is 32.2. The molecule has 3 rings (SSSR count). The number of rotatable bonds is 8. The molecule has 32 heavy (non-hydrogen) atoms. The molecule has 2 aromatic carbocycles. The van der Waals surface area contributed by atoms with E-state index < -0.39 is 10.0 Å². The van der Waals surface area contributed by atoms with Crippen LogP contribution >= 0.6 is 0 Å². The summed E-state index contributed by atoms with van der Waals surface area (Å²) in [5.74, 6) is -0.902. The second kappa shape index (κ2) is 9.75. The maximum atomic E-state index is 12.6. The number of carbonyl (C=O) groups is 2. The van der Waals surface area contributed by atoms with E-state index in [2.05, 4.69) is 10.3 Å². The van der Waals surface area contributed by atoms with Crippen molar-refractivity contribution in [3.8, 4) is 0 Å². The molecule has 2 aromatic rings. The Hall–Kier alpha value is -2.84. The maximum absolute atomic E-state index is 12.6. The van der Waals surface area contributed by atoms with E-state index in [0.717, 1.165) is 21.7 Å². The third kappa shape index (κ3) is 4.81. The van der Waals surface area contributed by atoms with Crippen molar-refractivity contribution in [1.82, 2.24) is 9.62 Å². The standard InChI is InChI=1S/C24H29N3O4S/c1-5-27(6-2)32(30,31)20-11-9-18(10-12-20)23(28)25-14-13-19-15-21-16(3)7-8-17(4)22(21)26-24(19)29/h7-12,15,19H,5-6,13-14H2,1-4H3,(H,25,28). The number of hydrogen-bond donors (Lipinski definition) is 1. The van der Waals surface area contributed by atoms with E-state index >= 15 is 0 Å². The van der Waals surface area contributed by atoms with Crippen molar-refractivity contribution in [2.75, 3.05) is 19.6 Å². The third-order valence-corrected chi connectivity index (χ3v) is 7.81. The van der Waals surface area contributed by atoms with E-state index in [-0.39, 0.29) is 22.6 Å². The fourth-order valence-electron chi connectivity index (χ4n) is 3.78. The predicted octanol–water partition coefficient (Wildman–Crippen LogP) is 1.71. The van der Waals surface area contributed by atoms with Crippen LogP contribution in [0.5, 0.6) is 0 Å². The topological polar surface area (TPSA) is 95.9 Å². The zero-order valence-corrected chi connectivity index (χ0v) is 19.7. The van der Waals surface area contributed by atoms with Gasteiger partial charge >= 0.3 is 0 Å². The monoisotopic (exact) mass is 455 g/mol. The second-order valence-corrected chi connectivity index (χ2v) is 9.78. The zero-order chi connectivity index (χ0) is 23.5. The maximum Gasteiger partial charge on any atom is 0.253 e. The molecule has 0 fully saturated rings. The van der Waals surface area contributed by atoms with Crippen LogP contribution in [0.3, 0.4) is 0 Å². The van der Waals surface area contributed by atoms with Crippen molar-refractivity contribution in [1.29, 1.82) is 0 Å². The summed E-state index contributed by atoms with van der Waals surface area (Å²) in [6.07, 6.45) is 2.38. The van der Waals surface area contributed by atoms with Crippen molar-refractivity contribution >= 4 is 27.9 Å². The number of carbonyl (C=O) groups excluding carboxylic acids is 2. The van der Waals surface area contributed by atoms with Gasteiger partial charge in [-0.25, -0.2) is 13.4 Å². The van der Waals surface area contributed by atoms with E-state index in [4.69, 9.17) is 0 Å². The molecule has 7 nitrogen and oxygen atoms in total. The molecule has 0 spiro atoms. The van der Waals surface area contributed by atoms with Crippen LogP contribution in [0.15, 0.2) is 46.3 Å². The lowest BCUT2D eigenvalue weighted by atomic mass is 9.97. The first-order chi connectivity index (χ1) is 15.2. The van der Waals surface area contributed by atoms with Gasteiger partial charge in [0.15, 0.2) is 0 Å². The fraction of sp³-hybridized carbons (Fsp3) is 0.375. The average Bonchev–Trinajstić information content (AvgIpc) is 2.77. The summed E-state index contributed by atoms with van der Waals surface area (Å²) in [5, 5.41) is 4.52. The molecule has 0 aliphatic carbocycles. The summed E-state index contributed by atoms with van der Waals surface area (Å²) < 4.78 is 26.5. The molecule has 1 aliphatic rings. The molecule has 0 radical (unpaired) electrons. The van der Waals surface area contributed by atoms with Gasteiger partial charge in [0, 0.05) is 30.4 Å². The molecule has 0 bridgehead atoms. The number of aryl methyl sites for hydroxylation is 2. The second-order valence-electron chi connectivity index (χ2n) is 7.84. The van der Waals surface area contributed by atoms with Crippen LogP contribution in [-0.4, -0.2) is 44.2 Å². The van der Waals surface area contributed by atoms with Crippen LogP contribution in [0.2, 0.25) is 0 Å². The van der Waals surface area contributed by atoms with Crippen LogP contribution in [0.4, 0.5) is 0 Å². The largest absolute Gasteiger partial charge is 0.352 e. The van der Waals surface area contributed by atoms with Crippen LogP contribution in [0.1, 0.15) is 41.8 Å². The Balaban J connectivity index is 1.65. The minimum absolute atomic E-state index is 0.158. The van der Waals surface area contributed by atoms with E-state index in [1.807, 2.05) is 32.1 Å². The molecule has 1 unspecified atom stereocenters. The Bertz CT molecular complexity index is 1250. The zero-order valence-electron chi connectivity index (χ0n) is 18.9. The SMILES string of the molecule is CCN(CC)S(=O)(=O)c1ccc(C(=O)NCCC2C=c3c(C)ccc(C)c3=NC2=O)cc1. The van der Waals surface area contributed by atoms with Crippen molar-refractivity contribution in [2.24, 2.45) is 10.9 Å². The number of nitrogens with one attached hydrogen (secondary N) is 1. The number of amides is 2. The highest BCUT2D eigenvalue weighted by Gasteiger charge is 2.22. The van der Waals surface area contributed by atoms with Gasteiger partial charge < -0.3 is 5.32 Å². The molecule has 1 atom stereocenters. The molecule has 0 aromatic heterocycles. The molecule has 0 saturated carbocycles. The third-order valence-electron chi connectivity index (χ3n) is 5.74. The van der Waals surface area contributed by atoms with Crippen LogP contribution in [-0.2, 0) is 14.8 Å². The molecule has 2 amide bonds. The van der Waals surface area contributed by atoms with E-state index in [1.54, 1.807) is 13.8 Å². The normalized spacial score (nSPS) is 15.7. The Kier molecular flexibility index (Phi) is 7.26. The van der Waals surface area contributed by atoms with Gasteiger partial charge in [-0.05, 0) is 55.7 Å². The van der Waals surface area contributed by atoms with Gasteiger partial charge in [0.2, 0.25) is 10.0 Å². The number of sulfonamides is 1. The quantitative estimate of drug-likeness (QED) is 0.656. The number of benzene rings is 2.